The van der Waals surface area contributed by atoms with Gasteiger partial charge in [0.15, 0.2) is 0 Å². The molecule has 0 saturated carbocycles. The van der Waals surface area contributed by atoms with Crippen molar-refractivity contribution in [1.82, 2.24) is 0 Å². The minimum atomic E-state index is 0.145. The van der Waals surface area contributed by atoms with E-state index in [1.165, 1.54) is 0 Å². The van der Waals surface area contributed by atoms with Crippen LogP contribution in [0.5, 0.6) is 5.75 Å². The Balaban J connectivity index is 2.88. The number of anilines is 1. The predicted molar refractivity (Wildman–Crippen MR) is 65.7 cm³/mol. The summed E-state index contributed by atoms with van der Waals surface area (Å²) in [6, 6.07) is 7.67. The van der Waals surface area contributed by atoms with Crippen LogP contribution in [0.25, 0.3) is 0 Å². The van der Waals surface area contributed by atoms with Gasteiger partial charge in [-0.2, -0.15) is 5.26 Å². The van der Waals surface area contributed by atoms with Gasteiger partial charge in [-0.3, -0.25) is 0 Å². The van der Waals surface area contributed by atoms with Crippen molar-refractivity contribution in [2.45, 2.75) is 33.3 Å². The summed E-state index contributed by atoms with van der Waals surface area (Å²) in [5, 5.41) is 12.2. The van der Waals surface area contributed by atoms with Crippen LogP contribution in [0, 0.1) is 11.3 Å². The number of hydrogen-bond acceptors (Lipinski definition) is 3. The number of hydrogen-bond donors (Lipinski definition) is 1. The Morgan fingerprint density at radius 1 is 1.44 bits per heavy atom. The van der Waals surface area contributed by atoms with E-state index in [2.05, 4.69) is 18.3 Å². The van der Waals surface area contributed by atoms with Crippen LogP contribution in [-0.2, 0) is 0 Å². The number of ether oxygens (including phenoxy) is 1. The monoisotopic (exact) mass is 218 g/mol. The maximum atomic E-state index is 8.96. The van der Waals surface area contributed by atoms with E-state index >= 15 is 0 Å². The molecular weight excluding hydrogens is 200 g/mol. The molecule has 0 saturated heterocycles. The number of nitrogens with one attached hydrogen (secondary N) is 1. The molecule has 0 bridgehead atoms. The fourth-order valence-corrected chi connectivity index (χ4v) is 1.37. The summed E-state index contributed by atoms with van der Waals surface area (Å²) in [5.74, 6) is 0.799. The molecule has 3 heteroatoms. The molecule has 1 aromatic rings. The van der Waals surface area contributed by atoms with E-state index in [1.807, 2.05) is 26.0 Å². The Labute approximate surface area is 97.0 Å². The van der Waals surface area contributed by atoms with Crippen LogP contribution in [0.1, 0.15) is 32.8 Å². The molecule has 0 spiro atoms. The third-order valence-electron chi connectivity index (χ3n) is 2.05. The summed E-state index contributed by atoms with van der Waals surface area (Å²) in [6.07, 6.45) is 1.17. The number of benzene rings is 1. The molecule has 1 N–H and O–H groups in total. The lowest BCUT2D eigenvalue weighted by Gasteiger charge is -2.12. The van der Waals surface area contributed by atoms with E-state index < -0.39 is 0 Å². The summed E-state index contributed by atoms with van der Waals surface area (Å²) in [7, 11) is 0. The molecule has 1 aromatic carbocycles. The molecule has 1 rings (SSSR count). The smallest absolute Gasteiger partial charge is 0.121 e. The van der Waals surface area contributed by atoms with Crippen molar-refractivity contribution in [3.8, 4) is 11.8 Å². The maximum Gasteiger partial charge on any atom is 0.121 e. The Bertz CT molecular complexity index is 380. The minimum absolute atomic E-state index is 0.145. The van der Waals surface area contributed by atoms with Crippen molar-refractivity contribution in [2.24, 2.45) is 0 Å². The highest BCUT2D eigenvalue weighted by atomic mass is 16.5. The predicted octanol–water partition coefficient (Wildman–Crippen LogP) is 3.17. The van der Waals surface area contributed by atoms with Crippen molar-refractivity contribution in [1.29, 1.82) is 5.26 Å². The van der Waals surface area contributed by atoms with Gasteiger partial charge in [-0.15, -0.1) is 0 Å². The first-order chi connectivity index (χ1) is 7.67. The van der Waals surface area contributed by atoms with Gasteiger partial charge in [0.1, 0.15) is 11.8 Å². The summed E-state index contributed by atoms with van der Waals surface area (Å²) < 4.78 is 5.58. The van der Waals surface area contributed by atoms with Gasteiger partial charge in [0.05, 0.1) is 17.4 Å². The van der Waals surface area contributed by atoms with Crippen LogP contribution in [-0.4, -0.2) is 12.6 Å². The Hall–Kier alpha value is -1.69. The molecule has 0 atom stereocenters. The van der Waals surface area contributed by atoms with Crippen molar-refractivity contribution in [2.75, 3.05) is 11.9 Å². The first kappa shape index (κ1) is 12.4. The second-order valence-electron chi connectivity index (χ2n) is 3.91. The van der Waals surface area contributed by atoms with Crippen LogP contribution < -0.4 is 10.1 Å². The quantitative estimate of drug-likeness (QED) is 0.825. The average molecular weight is 218 g/mol. The van der Waals surface area contributed by atoms with Crippen LogP contribution in [0.4, 0.5) is 5.69 Å². The molecule has 0 fully saturated rings. The van der Waals surface area contributed by atoms with Gasteiger partial charge in [-0.1, -0.05) is 6.92 Å². The zero-order valence-corrected chi connectivity index (χ0v) is 10.1. The van der Waals surface area contributed by atoms with Crippen molar-refractivity contribution < 1.29 is 4.74 Å². The average Bonchev–Trinajstić information content (AvgIpc) is 2.25. The van der Waals surface area contributed by atoms with Crippen molar-refractivity contribution in [3.63, 3.8) is 0 Å². The molecule has 0 aromatic heterocycles. The lowest BCUT2D eigenvalue weighted by atomic mass is 10.2. The van der Waals surface area contributed by atoms with Crippen molar-refractivity contribution in [3.05, 3.63) is 23.8 Å². The van der Waals surface area contributed by atoms with Crippen LogP contribution >= 0.6 is 0 Å². The zero-order valence-electron chi connectivity index (χ0n) is 10.1. The largest absolute Gasteiger partial charge is 0.491 e. The van der Waals surface area contributed by atoms with E-state index in [0.29, 0.717) is 5.56 Å². The van der Waals surface area contributed by atoms with E-state index in [0.717, 1.165) is 24.4 Å². The summed E-state index contributed by atoms with van der Waals surface area (Å²) in [4.78, 5) is 0. The Kier molecular flexibility index (Phi) is 4.65. The summed E-state index contributed by atoms with van der Waals surface area (Å²) in [6.45, 7) is 6.92. The van der Waals surface area contributed by atoms with Gasteiger partial charge in [0.25, 0.3) is 0 Å². The molecular formula is C13H18N2O. The fraction of sp³-hybridized carbons (Fsp3) is 0.462. The lowest BCUT2D eigenvalue weighted by molar-refractivity contribution is 0.242. The highest BCUT2D eigenvalue weighted by Gasteiger charge is 2.04. The van der Waals surface area contributed by atoms with E-state index in [9.17, 15) is 0 Å². The SMILES string of the molecule is CCCNc1cc(OC(C)C)ccc1C#N. The van der Waals surface area contributed by atoms with E-state index in [1.54, 1.807) is 6.07 Å². The van der Waals surface area contributed by atoms with Gasteiger partial charge >= 0.3 is 0 Å². The maximum absolute atomic E-state index is 8.96. The number of nitriles is 1. The summed E-state index contributed by atoms with van der Waals surface area (Å²) in [5.41, 5.74) is 1.51. The molecule has 3 nitrogen and oxygen atoms in total. The zero-order chi connectivity index (χ0) is 12.0. The van der Waals surface area contributed by atoms with Gasteiger partial charge in [-0.05, 0) is 32.4 Å². The molecule has 16 heavy (non-hydrogen) atoms. The molecule has 0 aliphatic carbocycles. The number of nitrogens with zero attached hydrogens (tertiary/aromatic N) is 1. The van der Waals surface area contributed by atoms with E-state index in [4.69, 9.17) is 10.00 Å². The Morgan fingerprint density at radius 3 is 2.75 bits per heavy atom. The highest BCUT2D eigenvalue weighted by molar-refractivity contribution is 5.60. The standard InChI is InChI=1S/C13H18N2O/c1-4-7-15-13-8-12(16-10(2)3)6-5-11(13)9-14/h5-6,8,10,15H,4,7H2,1-3H3. The molecule has 0 heterocycles. The molecule has 0 aliphatic rings. The molecule has 0 amide bonds. The topological polar surface area (TPSA) is 45.0 Å². The molecule has 0 radical (unpaired) electrons. The third kappa shape index (κ3) is 3.47. The van der Waals surface area contributed by atoms with Crippen molar-refractivity contribution >= 4 is 5.69 Å². The van der Waals surface area contributed by atoms with Gasteiger partial charge in [0, 0.05) is 12.6 Å². The molecule has 0 unspecified atom stereocenters. The Morgan fingerprint density at radius 2 is 2.19 bits per heavy atom. The molecule has 0 aliphatic heterocycles. The van der Waals surface area contributed by atoms with Crippen LogP contribution in [0.2, 0.25) is 0 Å². The van der Waals surface area contributed by atoms with Gasteiger partial charge < -0.3 is 10.1 Å². The van der Waals surface area contributed by atoms with Crippen LogP contribution in [0.3, 0.4) is 0 Å². The second kappa shape index (κ2) is 6.02. The normalized spacial score (nSPS) is 9.94. The second-order valence-corrected chi connectivity index (χ2v) is 3.91. The highest BCUT2D eigenvalue weighted by Crippen LogP contribution is 2.22. The molecule has 86 valence electrons. The first-order valence-electron chi connectivity index (χ1n) is 5.62. The summed E-state index contributed by atoms with van der Waals surface area (Å²) >= 11 is 0. The lowest BCUT2D eigenvalue weighted by Crippen LogP contribution is -2.07. The van der Waals surface area contributed by atoms with Crippen LogP contribution in [0.15, 0.2) is 18.2 Å². The fourth-order valence-electron chi connectivity index (χ4n) is 1.37. The van der Waals surface area contributed by atoms with Gasteiger partial charge in [-0.25, -0.2) is 0 Å². The minimum Gasteiger partial charge on any atom is -0.491 e. The third-order valence-corrected chi connectivity index (χ3v) is 2.05. The first-order valence-corrected chi connectivity index (χ1v) is 5.62. The number of rotatable bonds is 5. The van der Waals surface area contributed by atoms with E-state index in [-0.39, 0.29) is 6.10 Å². The van der Waals surface area contributed by atoms with Gasteiger partial charge in [0.2, 0.25) is 0 Å².